The molecule has 0 N–H and O–H groups in total. The van der Waals surface area contributed by atoms with Crippen LogP contribution in [0.2, 0.25) is 0 Å². The van der Waals surface area contributed by atoms with Crippen LogP contribution in [0.3, 0.4) is 0 Å². The van der Waals surface area contributed by atoms with Crippen LogP contribution in [0.25, 0.3) is 0 Å². The Bertz CT molecular complexity index is 382. The van der Waals surface area contributed by atoms with Crippen LogP contribution in [0.15, 0.2) is 18.2 Å². The standard InChI is InChI=1S/C10H13F3N2O/c1-4-7(2)6-16-9-5-8(10(11,12)13)15(3)14-9/h5H,2,4,6H2,1,3H3. The summed E-state index contributed by atoms with van der Waals surface area (Å²) in [7, 11) is 1.23. The molecular weight excluding hydrogens is 221 g/mol. The van der Waals surface area contributed by atoms with E-state index >= 15 is 0 Å². The molecular formula is C10H13F3N2O. The van der Waals surface area contributed by atoms with Gasteiger partial charge in [-0.1, -0.05) is 13.5 Å². The molecule has 0 aliphatic heterocycles. The van der Waals surface area contributed by atoms with Crippen LogP contribution in [0, 0.1) is 0 Å². The third-order valence-corrected chi connectivity index (χ3v) is 2.07. The number of hydrogen-bond acceptors (Lipinski definition) is 2. The number of halogens is 3. The second-order valence-electron chi connectivity index (χ2n) is 3.38. The molecule has 0 aliphatic carbocycles. The lowest BCUT2D eigenvalue weighted by Crippen LogP contribution is -2.11. The lowest BCUT2D eigenvalue weighted by atomic mass is 10.2. The zero-order valence-electron chi connectivity index (χ0n) is 9.14. The van der Waals surface area contributed by atoms with Crippen molar-refractivity contribution in [1.29, 1.82) is 0 Å². The number of aromatic nitrogens is 2. The highest BCUT2D eigenvalue weighted by Crippen LogP contribution is 2.30. The van der Waals surface area contributed by atoms with Gasteiger partial charge in [-0.25, -0.2) is 0 Å². The first-order chi connectivity index (χ1) is 7.34. The van der Waals surface area contributed by atoms with Crippen molar-refractivity contribution in [3.63, 3.8) is 0 Å². The van der Waals surface area contributed by atoms with Crippen molar-refractivity contribution in [1.82, 2.24) is 9.78 Å². The average Bonchev–Trinajstić information content (AvgIpc) is 2.55. The molecule has 0 amide bonds. The molecule has 90 valence electrons. The monoisotopic (exact) mass is 234 g/mol. The smallest absolute Gasteiger partial charge is 0.433 e. The summed E-state index contributed by atoms with van der Waals surface area (Å²) in [6.07, 6.45) is -3.69. The molecule has 0 unspecified atom stereocenters. The molecule has 0 aliphatic rings. The molecule has 6 heteroatoms. The Balaban J connectivity index is 2.74. The topological polar surface area (TPSA) is 27.1 Å². The van der Waals surface area contributed by atoms with Crippen molar-refractivity contribution >= 4 is 0 Å². The number of nitrogens with zero attached hydrogens (tertiary/aromatic N) is 2. The maximum absolute atomic E-state index is 12.4. The van der Waals surface area contributed by atoms with Gasteiger partial charge in [-0.05, 0) is 12.0 Å². The highest BCUT2D eigenvalue weighted by molar-refractivity contribution is 5.18. The Morgan fingerprint density at radius 3 is 2.62 bits per heavy atom. The van der Waals surface area contributed by atoms with Crippen molar-refractivity contribution in [3.05, 3.63) is 23.9 Å². The van der Waals surface area contributed by atoms with E-state index in [1.165, 1.54) is 7.05 Å². The quantitative estimate of drug-likeness (QED) is 0.749. The van der Waals surface area contributed by atoms with E-state index in [4.69, 9.17) is 4.74 Å². The van der Waals surface area contributed by atoms with Gasteiger partial charge < -0.3 is 4.74 Å². The first-order valence-electron chi connectivity index (χ1n) is 4.75. The van der Waals surface area contributed by atoms with Crippen LogP contribution < -0.4 is 4.74 Å². The molecule has 0 spiro atoms. The maximum Gasteiger partial charge on any atom is 0.433 e. The molecule has 0 saturated carbocycles. The minimum absolute atomic E-state index is 0.0376. The van der Waals surface area contributed by atoms with Crippen molar-refractivity contribution in [2.24, 2.45) is 7.05 Å². The van der Waals surface area contributed by atoms with Crippen molar-refractivity contribution < 1.29 is 17.9 Å². The molecule has 0 aromatic carbocycles. The Morgan fingerprint density at radius 1 is 1.56 bits per heavy atom. The summed E-state index contributed by atoms with van der Waals surface area (Å²) >= 11 is 0. The fraction of sp³-hybridized carbons (Fsp3) is 0.500. The molecule has 1 rings (SSSR count). The van der Waals surface area contributed by atoms with Gasteiger partial charge in [-0.15, -0.1) is 5.10 Å². The highest BCUT2D eigenvalue weighted by atomic mass is 19.4. The van der Waals surface area contributed by atoms with E-state index in [-0.39, 0.29) is 12.5 Å². The summed E-state index contributed by atoms with van der Waals surface area (Å²) < 4.78 is 43.0. The lowest BCUT2D eigenvalue weighted by molar-refractivity contribution is -0.143. The van der Waals surface area contributed by atoms with E-state index in [0.29, 0.717) is 0 Å². The summed E-state index contributed by atoms with van der Waals surface area (Å²) in [4.78, 5) is 0. The first-order valence-corrected chi connectivity index (χ1v) is 4.75. The summed E-state index contributed by atoms with van der Waals surface area (Å²) in [5, 5.41) is 3.62. The third kappa shape index (κ3) is 3.01. The predicted octanol–water partition coefficient (Wildman–Crippen LogP) is 2.78. The van der Waals surface area contributed by atoms with Gasteiger partial charge in [-0.3, -0.25) is 4.68 Å². The van der Waals surface area contributed by atoms with Gasteiger partial charge in [-0.2, -0.15) is 13.2 Å². The number of rotatable bonds is 4. The second-order valence-corrected chi connectivity index (χ2v) is 3.38. The van der Waals surface area contributed by atoms with E-state index in [1.807, 2.05) is 6.92 Å². The highest BCUT2D eigenvalue weighted by Gasteiger charge is 2.35. The number of aryl methyl sites for hydroxylation is 1. The van der Waals surface area contributed by atoms with Crippen LogP contribution in [-0.2, 0) is 13.2 Å². The van der Waals surface area contributed by atoms with Gasteiger partial charge in [0.25, 0.3) is 0 Å². The molecule has 1 aromatic heterocycles. The summed E-state index contributed by atoms with van der Waals surface area (Å²) in [5.41, 5.74) is -0.0242. The van der Waals surface area contributed by atoms with Gasteiger partial charge in [0.2, 0.25) is 5.88 Å². The minimum Gasteiger partial charge on any atom is -0.472 e. The maximum atomic E-state index is 12.4. The van der Waals surface area contributed by atoms with Crippen LogP contribution in [0.5, 0.6) is 5.88 Å². The first kappa shape index (κ1) is 12.6. The summed E-state index contributed by atoms with van der Waals surface area (Å²) in [5.74, 6) is -0.0376. The van der Waals surface area contributed by atoms with E-state index in [2.05, 4.69) is 11.7 Å². The lowest BCUT2D eigenvalue weighted by Gasteiger charge is -2.04. The normalized spacial score (nSPS) is 11.6. The van der Waals surface area contributed by atoms with E-state index in [0.717, 1.165) is 22.7 Å². The fourth-order valence-electron chi connectivity index (χ4n) is 1.05. The van der Waals surface area contributed by atoms with Crippen molar-refractivity contribution in [3.8, 4) is 5.88 Å². The Morgan fingerprint density at radius 2 is 2.19 bits per heavy atom. The van der Waals surface area contributed by atoms with Gasteiger partial charge in [0.15, 0.2) is 0 Å². The molecule has 3 nitrogen and oxygen atoms in total. The van der Waals surface area contributed by atoms with E-state index in [9.17, 15) is 13.2 Å². The molecule has 1 aromatic rings. The zero-order chi connectivity index (χ0) is 12.3. The van der Waals surface area contributed by atoms with Crippen LogP contribution in [-0.4, -0.2) is 16.4 Å². The molecule has 0 bridgehead atoms. The number of hydrogen-bond donors (Lipinski definition) is 0. The van der Waals surface area contributed by atoms with Gasteiger partial charge in [0.05, 0.1) is 0 Å². The Hall–Kier alpha value is -1.46. The van der Waals surface area contributed by atoms with Gasteiger partial charge in [0.1, 0.15) is 12.3 Å². The fourth-order valence-corrected chi connectivity index (χ4v) is 1.05. The van der Waals surface area contributed by atoms with Crippen LogP contribution in [0.4, 0.5) is 13.2 Å². The summed E-state index contributed by atoms with van der Waals surface area (Å²) in [6, 6.07) is 0.878. The largest absolute Gasteiger partial charge is 0.472 e. The number of alkyl halides is 3. The molecule has 0 fully saturated rings. The van der Waals surface area contributed by atoms with Gasteiger partial charge in [0, 0.05) is 13.1 Å². The van der Waals surface area contributed by atoms with Crippen LogP contribution >= 0.6 is 0 Å². The Kier molecular flexibility index (Phi) is 3.62. The third-order valence-electron chi connectivity index (χ3n) is 2.07. The van der Waals surface area contributed by atoms with Crippen molar-refractivity contribution in [2.45, 2.75) is 19.5 Å². The molecule has 0 atom stereocenters. The second kappa shape index (κ2) is 4.59. The van der Waals surface area contributed by atoms with Crippen molar-refractivity contribution in [2.75, 3.05) is 6.61 Å². The predicted molar refractivity (Wildman–Crippen MR) is 53.1 cm³/mol. The number of ether oxygens (including phenoxy) is 1. The minimum atomic E-state index is -4.41. The van der Waals surface area contributed by atoms with E-state index < -0.39 is 11.9 Å². The Labute approximate surface area is 91.5 Å². The van der Waals surface area contributed by atoms with Gasteiger partial charge >= 0.3 is 6.18 Å². The average molecular weight is 234 g/mol. The molecule has 0 saturated heterocycles. The van der Waals surface area contributed by atoms with Crippen LogP contribution in [0.1, 0.15) is 19.0 Å². The molecule has 0 radical (unpaired) electrons. The molecule has 1 heterocycles. The molecule has 16 heavy (non-hydrogen) atoms. The summed E-state index contributed by atoms with van der Waals surface area (Å²) in [6.45, 7) is 5.76. The zero-order valence-corrected chi connectivity index (χ0v) is 9.14. The SMILES string of the molecule is C=C(CC)COc1cc(C(F)(F)F)n(C)n1. The van der Waals surface area contributed by atoms with E-state index in [1.54, 1.807) is 0 Å².